The minimum atomic E-state index is -0.113. The van der Waals surface area contributed by atoms with Gasteiger partial charge in [-0.1, -0.05) is 32.0 Å². The lowest BCUT2D eigenvalue weighted by molar-refractivity contribution is 0.0964. The first kappa shape index (κ1) is 27.8. The van der Waals surface area contributed by atoms with Crippen LogP contribution >= 0.6 is 0 Å². The van der Waals surface area contributed by atoms with Gasteiger partial charge in [-0.05, 0) is 49.8 Å². The summed E-state index contributed by atoms with van der Waals surface area (Å²) < 4.78 is 11.3. The third-order valence-electron chi connectivity index (χ3n) is 6.77. The van der Waals surface area contributed by atoms with E-state index in [1.54, 1.807) is 31.8 Å². The van der Waals surface area contributed by atoms with Crippen molar-refractivity contribution in [1.29, 1.82) is 0 Å². The highest BCUT2D eigenvalue weighted by Gasteiger charge is 2.22. The first-order valence-corrected chi connectivity index (χ1v) is 13.4. The molecule has 0 aliphatic rings. The van der Waals surface area contributed by atoms with Crippen LogP contribution in [0.5, 0.6) is 11.6 Å². The Labute approximate surface area is 229 Å². The number of amides is 1. The van der Waals surface area contributed by atoms with Crippen molar-refractivity contribution in [2.75, 3.05) is 32.1 Å². The minimum Gasteiger partial charge on any atom is -0.488 e. The molecule has 3 heterocycles. The van der Waals surface area contributed by atoms with Gasteiger partial charge in [-0.3, -0.25) is 9.78 Å². The van der Waals surface area contributed by atoms with E-state index in [1.165, 1.54) is 0 Å². The van der Waals surface area contributed by atoms with E-state index in [4.69, 9.17) is 9.47 Å². The Morgan fingerprint density at radius 1 is 1.00 bits per heavy atom. The van der Waals surface area contributed by atoms with Gasteiger partial charge in [0.25, 0.3) is 11.8 Å². The molecule has 0 spiro atoms. The molecular weight excluding hydrogens is 492 g/mol. The smallest absolute Gasteiger partial charge is 0.257 e. The number of carbonyl (C=O) groups excluding carboxylic acids is 1. The van der Waals surface area contributed by atoms with Crippen LogP contribution < -0.4 is 20.1 Å². The van der Waals surface area contributed by atoms with Crippen LogP contribution in [0.25, 0.3) is 22.2 Å². The van der Waals surface area contributed by atoms with Crippen molar-refractivity contribution in [2.24, 2.45) is 5.92 Å². The van der Waals surface area contributed by atoms with Crippen molar-refractivity contribution in [3.8, 4) is 22.9 Å². The Bertz CT molecular complexity index is 1430. The maximum atomic E-state index is 12.4. The van der Waals surface area contributed by atoms with E-state index in [2.05, 4.69) is 50.5 Å². The fourth-order valence-electron chi connectivity index (χ4n) is 4.86. The summed E-state index contributed by atoms with van der Waals surface area (Å²) in [5.41, 5.74) is 4.20. The second kappa shape index (κ2) is 13.0. The monoisotopic (exact) mass is 528 g/mol. The largest absolute Gasteiger partial charge is 0.488 e. The Balaban J connectivity index is 1.53. The Kier molecular flexibility index (Phi) is 9.25. The molecule has 0 fully saturated rings. The van der Waals surface area contributed by atoms with E-state index in [-0.39, 0.29) is 17.7 Å². The van der Waals surface area contributed by atoms with Gasteiger partial charge in [0.05, 0.1) is 30.0 Å². The van der Waals surface area contributed by atoms with Crippen LogP contribution in [-0.2, 0) is 0 Å². The van der Waals surface area contributed by atoms with Gasteiger partial charge >= 0.3 is 0 Å². The standard InChI is InChI=1S/C30H36N6O3/c1-6-21(22-10-9-11-23-24(29(37)31-5)12-13-32-28(22)23)19(4)16-33-27-15-25(35-18-36-27)20-14-26(38-7-2)30(34-17-20)39-8-3/h9-15,17-19,21H,6-8,16H2,1-5H3,(H,31,37)(H,33,35,36). The van der Waals surface area contributed by atoms with Crippen LogP contribution in [0, 0.1) is 5.92 Å². The summed E-state index contributed by atoms with van der Waals surface area (Å²) in [6.45, 7) is 9.96. The van der Waals surface area contributed by atoms with E-state index in [0.29, 0.717) is 37.0 Å². The molecule has 0 saturated carbocycles. The van der Waals surface area contributed by atoms with Gasteiger partial charge in [0.1, 0.15) is 12.1 Å². The molecule has 4 aromatic rings. The Morgan fingerprint density at radius 2 is 1.82 bits per heavy atom. The number of nitrogens with one attached hydrogen (secondary N) is 2. The summed E-state index contributed by atoms with van der Waals surface area (Å²) in [4.78, 5) is 30.4. The summed E-state index contributed by atoms with van der Waals surface area (Å²) in [7, 11) is 1.64. The lowest BCUT2D eigenvalue weighted by Crippen LogP contribution is -2.20. The Morgan fingerprint density at radius 3 is 2.56 bits per heavy atom. The number of fused-ring (bicyclic) bond motifs is 1. The zero-order valence-corrected chi connectivity index (χ0v) is 23.2. The summed E-state index contributed by atoms with van der Waals surface area (Å²) >= 11 is 0. The first-order chi connectivity index (χ1) is 19.0. The Hall–Kier alpha value is -4.27. The fourth-order valence-corrected chi connectivity index (χ4v) is 4.86. The van der Waals surface area contributed by atoms with Crippen molar-refractivity contribution in [3.05, 3.63) is 66.2 Å². The molecule has 3 aromatic heterocycles. The molecular formula is C30H36N6O3. The van der Waals surface area contributed by atoms with Crippen LogP contribution in [0.2, 0.25) is 0 Å². The molecule has 0 bridgehead atoms. The molecule has 204 valence electrons. The van der Waals surface area contributed by atoms with E-state index in [9.17, 15) is 4.79 Å². The zero-order chi connectivity index (χ0) is 27.8. The molecule has 2 N–H and O–H groups in total. The summed E-state index contributed by atoms with van der Waals surface area (Å²) in [5.74, 6) is 2.18. The van der Waals surface area contributed by atoms with Crippen molar-refractivity contribution in [1.82, 2.24) is 25.3 Å². The molecule has 0 radical (unpaired) electrons. The number of rotatable bonds is 12. The fraction of sp³-hybridized carbons (Fsp3) is 0.367. The maximum Gasteiger partial charge on any atom is 0.257 e. The predicted molar refractivity (Wildman–Crippen MR) is 153 cm³/mol. The molecule has 0 aliphatic carbocycles. The number of ether oxygens (including phenoxy) is 2. The third-order valence-corrected chi connectivity index (χ3v) is 6.77. The lowest BCUT2D eigenvalue weighted by atomic mass is 9.83. The van der Waals surface area contributed by atoms with Gasteiger partial charge in [0.2, 0.25) is 0 Å². The van der Waals surface area contributed by atoms with Gasteiger partial charge in [-0.15, -0.1) is 0 Å². The molecule has 0 saturated heterocycles. The van der Waals surface area contributed by atoms with Gasteiger partial charge < -0.3 is 20.1 Å². The number of aromatic nitrogens is 4. The van der Waals surface area contributed by atoms with Gasteiger partial charge in [-0.25, -0.2) is 15.0 Å². The quantitative estimate of drug-likeness (QED) is 0.248. The zero-order valence-electron chi connectivity index (χ0n) is 23.2. The molecule has 9 nitrogen and oxygen atoms in total. The normalized spacial score (nSPS) is 12.5. The van der Waals surface area contributed by atoms with Crippen LogP contribution in [-0.4, -0.2) is 52.6 Å². The highest BCUT2D eigenvalue weighted by molar-refractivity contribution is 6.06. The number of anilines is 1. The highest BCUT2D eigenvalue weighted by Crippen LogP contribution is 2.34. The van der Waals surface area contributed by atoms with Crippen molar-refractivity contribution < 1.29 is 14.3 Å². The SMILES string of the molecule is CCOc1cc(-c2cc(NCC(C)C(CC)c3cccc4c(C(=O)NC)ccnc34)ncn2)cnc1OCC. The number of para-hydroxylation sites is 1. The molecule has 39 heavy (non-hydrogen) atoms. The molecule has 1 aromatic carbocycles. The molecule has 9 heteroatoms. The maximum absolute atomic E-state index is 12.4. The van der Waals surface area contributed by atoms with Crippen LogP contribution in [0.4, 0.5) is 5.82 Å². The van der Waals surface area contributed by atoms with Crippen LogP contribution in [0.1, 0.15) is 56.0 Å². The average Bonchev–Trinajstić information content (AvgIpc) is 2.97. The molecule has 0 aliphatic heterocycles. The predicted octanol–water partition coefficient (Wildman–Crippen LogP) is 5.49. The number of hydrogen-bond donors (Lipinski definition) is 2. The highest BCUT2D eigenvalue weighted by atomic mass is 16.5. The average molecular weight is 529 g/mol. The lowest BCUT2D eigenvalue weighted by Gasteiger charge is -2.25. The topological polar surface area (TPSA) is 111 Å². The van der Waals surface area contributed by atoms with E-state index in [0.717, 1.165) is 40.0 Å². The van der Waals surface area contributed by atoms with Gasteiger partial charge in [-0.2, -0.15) is 0 Å². The summed E-state index contributed by atoms with van der Waals surface area (Å²) in [6.07, 6.45) is 5.92. The molecule has 2 unspecified atom stereocenters. The van der Waals surface area contributed by atoms with Gasteiger partial charge in [0.15, 0.2) is 5.75 Å². The third kappa shape index (κ3) is 6.25. The molecule has 1 amide bonds. The van der Waals surface area contributed by atoms with Crippen molar-refractivity contribution in [3.63, 3.8) is 0 Å². The molecule has 2 atom stereocenters. The van der Waals surface area contributed by atoms with E-state index >= 15 is 0 Å². The summed E-state index contributed by atoms with van der Waals surface area (Å²) in [5, 5.41) is 7.08. The van der Waals surface area contributed by atoms with E-state index in [1.807, 2.05) is 38.1 Å². The number of pyridine rings is 2. The first-order valence-electron chi connectivity index (χ1n) is 13.4. The second-order valence-corrected chi connectivity index (χ2v) is 9.24. The second-order valence-electron chi connectivity index (χ2n) is 9.24. The van der Waals surface area contributed by atoms with Gasteiger partial charge in [0, 0.05) is 43.0 Å². The number of benzene rings is 1. The summed E-state index contributed by atoms with van der Waals surface area (Å²) in [6, 6.07) is 11.7. The number of carbonyl (C=O) groups is 1. The van der Waals surface area contributed by atoms with Crippen molar-refractivity contribution >= 4 is 22.6 Å². The molecule has 4 rings (SSSR count). The van der Waals surface area contributed by atoms with Crippen LogP contribution in [0.3, 0.4) is 0 Å². The van der Waals surface area contributed by atoms with E-state index < -0.39 is 0 Å². The van der Waals surface area contributed by atoms with Crippen LogP contribution in [0.15, 0.2) is 55.1 Å². The van der Waals surface area contributed by atoms with Crippen molar-refractivity contribution in [2.45, 2.75) is 40.0 Å². The minimum absolute atomic E-state index is 0.113. The number of nitrogens with zero attached hydrogens (tertiary/aromatic N) is 4. The number of hydrogen-bond acceptors (Lipinski definition) is 8.